The van der Waals surface area contributed by atoms with E-state index in [1.54, 1.807) is 0 Å². The highest BCUT2D eigenvalue weighted by Gasteiger charge is 2.44. The molecule has 65 heavy (non-hydrogen) atoms. The Morgan fingerprint density at radius 2 is 1.18 bits per heavy atom. The molecule has 24 heteroatoms. The summed E-state index contributed by atoms with van der Waals surface area (Å²) >= 11 is 10.0. The van der Waals surface area contributed by atoms with Crippen LogP contribution in [0.2, 0.25) is 0 Å². The number of hydrogen-bond donors (Lipinski definition) is 6. The van der Waals surface area contributed by atoms with Crippen LogP contribution < -0.4 is 10.2 Å². The second-order valence-corrected chi connectivity index (χ2v) is 17.1. The molecular weight excluding hydrogens is 919 g/mol. The molecule has 2 rings (SSSR count). The van der Waals surface area contributed by atoms with Crippen molar-refractivity contribution in [3.05, 3.63) is 0 Å². The minimum Gasteiger partial charge on any atom is -0.862 e. The lowest BCUT2D eigenvalue weighted by molar-refractivity contribution is -0.302. The largest absolute Gasteiger partial charge is 0.862 e. The average Bonchev–Trinajstić information content (AvgIpc) is 3.56. The zero-order valence-corrected chi connectivity index (χ0v) is 40.0. The van der Waals surface area contributed by atoms with Crippen LogP contribution in [0.5, 0.6) is 0 Å². The molecule has 2 unspecified atom stereocenters. The number of likely N-dealkylation sites (tertiary alicyclic amines) is 1. The number of thioether (sulfide) groups is 1. The molecule has 0 aromatic rings. The molecule has 2 aliphatic rings. The van der Waals surface area contributed by atoms with Crippen LogP contribution in [0.15, 0.2) is 9.98 Å². The summed E-state index contributed by atoms with van der Waals surface area (Å²) in [5.74, 6) is 0.122. The Kier molecular flexibility index (Phi) is 36.2. The van der Waals surface area contributed by atoms with Crippen LogP contribution in [0.3, 0.4) is 0 Å². The van der Waals surface area contributed by atoms with E-state index >= 15 is 0 Å². The number of aliphatic hydroxyl groups excluding tert-OH is 4. The van der Waals surface area contributed by atoms with E-state index in [0.717, 1.165) is 36.3 Å². The van der Waals surface area contributed by atoms with E-state index in [1.807, 2.05) is 0 Å². The highest BCUT2D eigenvalue weighted by molar-refractivity contribution is 8.00. The minimum atomic E-state index is -1.52. The second kappa shape index (κ2) is 39.4. The molecule has 7 atom stereocenters. The van der Waals surface area contributed by atoms with Gasteiger partial charge in [0.05, 0.1) is 137 Å². The van der Waals surface area contributed by atoms with Gasteiger partial charge in [-0.3, -0.25) is 14.5 Å². The highest BCUT2D eigenvalue weighted by atomic mass is 32.2. The minimum absolute atomic E-state index is 0.0225. The Hall–Kier alpha value is -1.43. The van der Waals surface area contributed by atoms with Gasteiger partial charge < -0.3 is 88.0 Å². The summed E-state index contributed by atoms with van der Waals surface area (Å²) in [6.45, 7) is 5.54. The Bertz CT molecular complexity index is 1280. The van der Waals surface area contributed by atoms with Gasteiger partial charge in [0.15, 0.2) is 6.29 Å². The van der Waals surface area contributed by atoms with E-state index < -0.39 is 48.5 Å². The van der Waals surface area contributed by atoms with E-state index in [0.29, 0.717) is 103 Å². The van der Waals surface area contributed by atoms with E-state index in [4.69, 9.17) is 47.4 Å². The number of nitrogens with zero attached hydrogens (tertiary/aromatic N) is 3. The first kappa shape index (κ1) is 59.7. The van der Waals surface area contributed by atoms with E-state index in [9.17, 15) is 40.2 Å². The number of ether oxygens (including phenoxy) is 10. The van der Waals surface area contributed by atoms with Gasteiger partial charge in [0, 0.05) is 24.0 Å². The van der Waals surface area contributed by atoms with Crippen molar-refractivity contribution in [2.45, 2.75) is 86.2 Å². The van der Waals surface area contributed by atoms with Crippen molar-refractivity contribution in [3.63, 3.8) is 0 Å². The second-order valence-electron chi connectivity index (χ2n) is 14.6. The topological polar surface area (TPSA) is 281 Å². The lowest BCUT2D eigenvalue weighted by atomic mass is 9.99. The van der Waals surface area contributed by atoms with Gasteiger partial charge in [0.25, 0.3) is 0 Å². The molecule has 2 amide bonds. The van der Waals surface area contributed by atoms with Gasteiger partial charge in [-0.2, -0.15) is 25.3 Å². The smallest absolute Gasteiger partial charge is 0.242 e. The molecule has 0 bridgehead atoms. The quantitative estimate of drug-likeness (QED) is 0.0125. The van der Waals surface area contributed by atoms with Crippen molar-refractivity contribution in [2.24, 2.45) is 9.98 Å². The lowest BCUT2D eigenvalue weighted by Gasteiger charge is -2.39. The molecule has 0 spiro atoms. The maximum absolute atomic E-state index is 12.7. The zero-order chi connectivity index (χ0) is 47.3. The average molecular weight is 992 g/mol. The summed E-state index contributed by atoms with van der Waals surface area (Å²) in [5.41, 5.74) is 0. The molecular formula is C41H73N3O18S3-2. The molecule has 0 saturated carbocycles. The van der Waals surface area contributed by atoms with Crippen LogP contribution in [-0.2, 0) is 57.0 Å². The van der Waals surface area contributed by atoms with Crippen molar-refractivity contribution in [3.8, 4) is 0 Å². The van der Waals surface area contributed by atoms with Crippen molar-refractivity contribution >= 4 is 60.6 Å². The van der Waals surface area contributed by atoms with Crippen molar-refractivity contribution < 1.29 is 87.6 Å². The SMILES string of the molecule is O=C1CC(SCCOCCOCCO[C@H]2O[C@H](CO)[C@H](O)[C@H](O)[C@H]2O)C(=O)N1CCC([O-])=NCCOCCOCCOCCOCCOCCOCCN=C([O-])CCCCC(S)CCS. The fourth-order valence-corrected chi connectivity index (χ4v) is 7.86. The van der Waals surface area contributed by atoms with Gasteiger partial charge in [0.2, 0.25) is 11.8 Å². The first-order chi connectivity index (χ1) is 31.6. The Labute approximate surface area is 398 Å². The number of imide groups is 1. The van der Waals surface area contributed by atoms with Gasteiger partial charge in [-0.05, 0) is 49.7 Å². The van der Waals surface area contributed by atoms with Crippen molar-refractivity contribution in [1.82, 2.24) is 4.90 Å². The number of hydrogen-bond acceptors (Lipinski definition) is 23. The Balaban J connectivity index is 1.32. The number of unbranched alkanes of at least 4 members (excludes halogenated alkanes) is 1. The van der Waals surface area contributed by atoms with Crippen LogP contribution in [0, 0.1) is 0 Å². The van der Waals surface area contributed by atoms with Gasteiger partial charge >= 0.3 is 0 Å². The molecule has 0 aliphatic carbocycles. The van der Waals surface area contributed by atoms with E-state index in [2.05, 4.69) is 35.2 Å². The first-order valence-corrected chi connectivity index (χ1v) is 24.5. The molecule has 0 aromatic carbocycles. The van der Waals surface area contributed by atoms with E-state index in [-0.39, 0.29) is 76.7 Å². The molecule has 380 valence electrons. The number of thiol groups is 2. The standard InChI is InChI=1S/C41H75N3O18S3/c45-30-32-37(49)38(50)39(51)41(62-32)61-25-24-59-22-23-60-26-28-65-33-29-36(48)44(40(33)52)9-5-35(47)43-8-11-54-13-15-56-17-19-58-21-20-57-18-16-55-14-12-53-10-7-42-34(46)4-2-1-3-31(64)6-27-63/h31-33,37-39,41,45,49-51,63-64H,1-30H2,(H,42,46)(H,43,47)/p-2/t31?,32-,33?,37+,38+,39-,41+/m1/s1. The third-order valence-electron chi connectivity index (χ3n) is 9.58. The fraction of sp³-hybridized carbons (Fsp3) is 0.902. The van der Waals surface area contributed by atoms with Gasteiger partial charge in [-0.15, -0.1) is 11.8 Å². The molecule has 21 nitrogen and oxygen atoms in total. The summed E-state index contributed by atoms with van der Waals surface area (Å²) in [4.78, 5) is 34.2. The summed E-state index contributed by atoms with van der Waals surface area (Å²) in [6, 6.07) is 0. The predicted molar refractivity (Wildman–Crippen MR) is 243 cm³/mol. The third kappa shape index (κ3) is 28.6. The lowest BCUT2D eigenvalue weighted by Crippen LogP contribution is -2.59. The van der Waals surface area contributed by atoms with Crippen LogP contribution >= 0.6 is 37.0 Å². The number of rotatable bonds is 43. The van der Waals surface area contributed by atoms with Crippen LogP contribution in [0.25, 0.3) is 0 Å². The summed E-state index contributed by atoms with van der Waals surface area (Å²) < 4.78 is 54.3. The molecule has 2 saturated heterocycles. The molecule has 2 heterocycles. The maximum atomic E-state index is 12.7. The molecule has 0 radical (unpaired) electrons. The molecule has 2 fully saturated rings. The number of aliphatic hydroxyl groups is 4. The van der Waals surface area contributed by atoms with Gasteiger partial charge in [-0.1, -0.05) is 6.42 Å². The predicted octanol–water partition coefficient (Wildman–Crippen LogP) is -2.12. The first-order valence-electron chi connectivity index (χ1n) is 22.3. The van der Waals surface area contributed by atoms with Gasteiger partial charge in [0.1, 0.15) is 24.4 Å². The summed E-state index contributed by atoms with van der Waals surface area (Å²) in [7, 11) is 0. The molecule has 0 aromatic heterocycles. The highest BCUT2D eigenvalue weighted by Crippen LogP contribution is 2.25. The normalized spacial score (nSPS) is 22.4. The summed E-state index contributed by atoms with van der Waals surface area (Å²) in [5, 5.41) is 62.6. The summed E-state index contributed by atoms with van der Waals surface area (Å²) in [6.07, 6.45) is -2.54. The van der Waals surface area contributed by atoms with Crippen LogP contribution in [0.4, 0.5) is 0 Å². The fourth-order valence-electron chi connectivity index (χ4n) is 6.00. The van der Waals surface area contributed by atoms with Crippen LogP contribution in [-0.4, -0.2) is 240 Å². The van der Waals surface area contributed by atoms with Crippen LogP contribution in [0.1, 0.15) is 44.9 Å². The number of carbonyl (C=O) groups is 2. The number of amides is 2. The number of carbonyl (C=O) groups excluding carboxylic acids is 2. The Morgan fingerprint density at radius 1 is 0.692 bits per heavy atom. The monoisotopic (exact) mass is 991 g/mol. The molecule has 4 N–H and O–H groups in total. The van der Waals surface area contributed by atoms with Crippen molar-refractivity contribution in [1.29, 1.82) is 0 Å². The van der Waals surface area contributed by atoms with E-state index in [1.165, 1.54) is 11.8 Å². The number of aliphatic imine (C=N–C) groups is 2. The maximum Gasteiger partial charge on any atom is 0.242 e. The van der Waals surface area contributed by atoms with Gasteiger partial charge in [-0.25, -0.2) is 0 Å². The van der Waals surface area contributed by atoms with Crippen molar-refractivity contribution in [2.75, 3.05) is 150 Å². The Morgan fingerprint density at radius 3 is 1.71 bits per heavy atom. The third-order valence-corrected chi connectivity index (χ3v) is 11.5. The zero-order valence-electron chi connectivity index (χ0n) is 37.4. The molecule has 2 aliphatic heterocycles.